The Morgan fingerprint density at radius 3 is 2.58 bits per heavy atom. The molecule has 5 fully saturated rings. The lowest BCUT2D eigenvalue weighted by Gasteiger charge is -2.62. The minimum Gasteiger partial charge on any atom is -0.492 e. The second-order valence-electron chi connectivity index (χ2n) is 17.3. The maximum atomic E-state index is 17.6. The number of carbonyl (C=O) groups excluding carboxylic acids is 3. The highest BCUT2D eigenvalue weighted by Gasteiger charge is 2.75. The van der Waals surface area contributed by atoms with Crippen LogP contribution in [0.3, 0.4) is 0 Å². The molecule has 11 nitrogen and oxygen atoms in total. The lowest BCUT2D eigenvalue weighted by Crippen LogP contribution is -2.69. The Labute approximate surface area is 318 Å². The van der Waals surface area contributed by atoms with E-state index in [0.29, 0.717) is 50.0 Å². The Morgan fingerprint density at radius 1 is 1.15 bits per heavy atom. The van der Waals surface area contributed by atoms with Crippen LogP contribution in [0.1, 0.15) is 82.6 Å². The van der Waals surface area contributed by atoms with Crippen molar-refractivity contribution < 1.29 is 42.9 Å². The van der Waals surface area contributed by atoms with Gasteiger partial charge in [-0.25, -0.2) is 13.6 Å². The van der Waals surface area contributed by atoms with E-state index in [1.54, 1.807) is 31.4 Å². The van der Waals surface area contributed by atoms with Crippen LogP contribution in [0.25, 0.3) is 10.9 Å². The van der Waals surface area contributed by atoms with Gasteiger partial charge < -0.3 is 34.5 Å². The maximum absolute atomic E-state index is 17.6. The number of alkyl halides is 1. The minimum absolute atomic E-state index is 0.0231. The number of aliphatic hydroxyl groups excluding tert-OH is 1. The van der Waals surface area contributed by atoms with Gasteiger partial charge in [0.25, 0.3) is 0 Å². The summed E-state index contributed by atoms with van der Waals surface area (Å²) in [6.45, 7) is 8.36. The fourth-order valence-corrected chi connectivity index (χ4v) is 11.4. The molecule has 55 heavy (non-hydrogen) atoms. The standard InChI is InChI=1S/C42H50F2N3O8/c1-22-16-30-29-9-6-24-17-26(48)10-12-39(24,3)41(29,44)33(50)19-40(30,4)42(22,53)32(49)11-15-55-38(52)28-21-47(25-7-8-25)34-27(36(28)51)18-31(43)35(37(34)54-5)46-14-13-45-23(2)20-46/h10-12,17-18,21-23,25,29-30,33,45,50,53H,6-9,13-16,19-20H2,1-5H3/t22-,23?,29-,30-,33-,39-,40-,41-,42-/m1/s1. The van der Waals surface area contributed by atoms with Crippen LogP contribution in [0.15, 0.2) is 40.9 Å². The van der Waals surface area contributed by atoms with Crippen molar-refractivity contribution in [1.82, 2.24) is 9.88 Å². The Morgan fingerprint density at radius 2 is 1.89 bits per heavy atom. The minimum atomic E-state index is -2.11. The van der Waals surface area contributed by atoms with Crippen molar-refractivity contribution in [3.05, 3.63) is 64.1 Å². The Kier molecular flexibility index (Phi) is 9.01. The average molecular weight is 763 g/mol. The van der Waals surface area contributed by atoms with Gasteiger partial charge in [0.15, 0.2) is 28.8 Å². The monoisotopic (exact) mass is 762 g/mol. The van der Waals surface area contributed by atoms with Gasteiger partial charge in [0.1, 0.15) is 23.5 Å². The zero-order valence-corrected chi connectivity index (χ0v) is 32.0. The molecule has 1 aromatic heterocycles. The number of nitrogens with zero attached hydrogens (tertiary/aromatic N) is 2. The highest BCUT2D eigenvalue weighted by atomic mass is 19.1. The predicted molar refractivity (Wildman–Crippen MR) is 200 cm³/mol. The summed E-state index contributed by atoms with van der Waals surface area (Å²) in [5, 5.41) is 27.3. The number of rotatable bonds is 8. The molecule has 3 N–H and O–H groups in total. The van der Waals surface area contributed by atoms with E-state index in [1.807, 2.05) is 11.8 Å². The number of methoxy groups -OCH3 is 1. The number of hydrogen-bond acceptors (Lipinski definition) is 10. The summed E-state index contributed by atoms with van der Waals surface area (Å²) >= 11 is 0. The fraction of sp³-hybridized carbons (Fsp3) is 0.595. The normalized spacial score (nSPS) is 36.9. The third kappa shape index (κ3) is 5.35. The van der Waals surface area contributed by atoms with Crippen LogP contribution in [0.5, 0.6) is 5.75 Å². The number of anilines is 1. The largest absolute Gasteiger partial charge is 0.492 e. The third-order valence-electron chi connectivity index (χ3n) is 14.3. The molecule has 0 spiro atoms. The molecule has 1 saturated heterocycles. The van der Waals surface area contributed by atoms with Crippen molar-refractivity contribution in [2.24, 2.45) is 28.6 Å². The number of fused-ring (bicyclic) bond motifs is 6. The number of hydrogen-bond donors (Lipinski definition) is 3. The summed E-state index contributed by atoms with van der Waals surface area (Å²) < 4.78 is 46.5. The number of ether oxygens (including phenoxy) is 2. The van der Waals surface area contributed by atoms with E-state index in [4.69, 9.17) is 9.47 Å². The molecular formula is C42H50F2N3O8. The van der Waals surface area contributed by atoms with E-state index in [0.717, 1.165) is 25.3 Å². The number of allylic oxidation sites excluding steroid dienone is 4. The molecule has 6 aliphatic rings. The quantitative estimate of drug-likeness (QED) is 0.327. The number of carbonyl (C=O) groups is 3. The van der Waals surface area contributed by atoms with Crippen LogP contribution in [0, 0.1) is 40.8 Å². The van der Waals surface area contributed by atoms with E-state index in [-0.39, 0.29) is 46.7 Å². The third-order valence-corrected chi connectivity index (χ3v) is 14.3. The van der Waals surface area contributed by atoms with Gasteiger partial charge in [0.2, 0.25) is 5.43 Å². The summed E-state index contributed by atoms with van der Waals surface area (Å²) in [5.74, 6) is -4.12. The average Bonchev–Trinajstić information content (AvgIpc) is 3.96. The molecule has 1 aromatic carbocycles. The smallest absolute Gasteiger partial charge is 0.343 e. The second-order valence-corrected chi connectivity index (χ2v) is 17.3. The molecule has 9 atom stereocenters. The number of aromatic nitrogens is 1. The van der Waals surface area contributed by atoms with Gasteiger partial charge in [-0.2, -0.15) is 0 Å². The number of benzene rings is 1. The number of aliphatic hydroxyl groups is 2. The van der Waals surface area contributed by atoms with Gasteiger partial charge in [0.05, 0.1) is 30.5 Å². The van der Waals surface area contributed by atoms with E-state index in [2.05, 4.69) is 5.32 Å². The van der Waals surface area contributed by atoms with Crippen LogP contribution in [-0.4, -0.2) is 89.1 Å². The molecule has 0 bridgehead atoms. The number of ketones is 2. The van der Waals surface area contributed by atoms with Crippen LogP contribution >= 0.6 is 0 Å². The molecule has 8 rings (SSSR count). The molecule has 1 unspecified atom stereocenters. The summed E-state index contributed by atoms with van der Waals surface area (Å²) in [4.78, 5) is 55.6. The Bertz CT molecular complexity index is 2110. The molecule has 2 heterocycles. The van der Waals surface area contributed by atoms with Gasteiger partial charge in [-0.1, -0.05) is 25.5 Å². The number of esters is 1. The topological polar surface area (TPSA) is 147 Å². The van der Waals surface area contributed by atoms with E-state index < -0.39 is 75.6 Å². The van der Waals surface area contributed by atoms with E-state index in [9.17, 15) is 29.4 Å². The van der Waals surface area contributed by atoms with Gasteiger partial charge in [-0.15, -0.1) is 0 Å². The molecular weight excluding hydrogens is 712 g/mol. The molecule has 13 heteroatoms. The highest BCUT2D eigenvalue weighted by Crippen LogP contribution is 2.70. The first-order chi connectivity index (χ1) is 26.0. The number of halogens is 2. The molecule has 295 valence electrons. The lowest BCUT2D eigenvalue weighted by molar-refractivity contribution is -0.218. The van der Waals surface area contributed by atoms with Gasteiger partial charge >= 0.3 is 5.97 Å². The van der Waals surface area contributed by atoms with Gasteiger partial charge in [0, 0.05) is 54.7 Å². The second kappa shape index (κ2) is 13.1. The number of nitrogens with one attached hydrogen (secondary N) is 1. The van der Waals surface area contributed by atoms with Crippen LogP contribution in [0.4, 0.5) is 14.5 Å². The van der Waals surface area contributed by atoms with Crippen molar-refractivity contribution >= 4 is 34.1 Å². The predicted octanol–water partition coefficient (Wildman–Crippen LogP) is 4.56. The maximum Gasteiger partial charge on any atom is 0.343 e. The van der Waals surface area contributed by atoms with Gasteiger partial charge in [-0.3, -0.25) is 14.4 Å². The van der Waals surface area contributed by atoms with Crippen molar-refractivity contribution in [3.63, 3.8) is 0 Å². The van der Waals surface area contributed by atoms with Crippen molar-refractivity contribution in [2.75, 3.05) is 38.3 Å². The van der Waals surface area contributed by atoms with E-state index in [1.165, 1.54) is 25.5 Å². The van der Waals surface area contributed by atoms with Crippen LogP contribution in [0.2, 0.25) is 0 Å². The summed E-state index contributed by atoms with van der Waals surface area (Å²) in [6.07, 6.45) is 7.87. The van der Waals surface area contributed by atoms with Crippen LogP contribution < -0.4 is 20.4 Å². The Balaban J connectivity index is 1.03. The first-order valence-electron chi connectivity index (χ1n) is 19.5. The van der Waals surface area contributed by atoms with Crippen molar-refractivity contribution in [3.8, 4) is 5.75 Å². The lowest BCUT2D eigenvalue weighted by atomic mass is 9.44. The van der Waals surface area contributed by atoms with Gasteiger partial charge in [-0.05, 0) is 82.4 Å². The van der Waals surface area contributed by atoms with Crippen LogP contribution in [-0.2, 0) is 14.3 Å². The first kappa shape index (κ1) is 38.0. The molecule has 1 radical (unpaired) electrons. The SMILES string of the molecule is COc1c(N2CCNC(C)C2)c(F)cc2c(=O)c(C(=O)OC[CH]C(=O)[C@]3(O)[C@H](C)C[C@@H]4[C@H]5CCC6=CC(=O)C=C[C@@]6(C)[C@]5(F)[C@H](O)C[C@]43C)cn(C3CC3)c12. The number of Topliss-reactive ketones (excluding diaryl/α,β-unsaturated/α-hetero) is 1. The number of piperazine rings is 1. The number of pyridine rings is 1. The summed E-state index contributed by atoms with van der Waals surface area (Å²) in [7, 11) is 1.43. The summed E-state index contributed by atoms with van der Waals surface area (Å²) in [6, 6.07) is 1.23. The molecule has 4 saturated carbocycles. The first-order valence-corrected chi connectivity index (χ1v) is 19.5. The van der Waals surface area contributed by atoms with Crippen molar-refractivity contribution in [2.45, 2.75) is 95.7 Å². The Hall–Kier alpha value is -3.94. The van der Waals surface area contributed by atoms with E-state index >= 15 is 8.78 Å². The molecule has 1 aliphatic heterocycles. The zero-order chi connectivity index (χ0) is 39.4. The summed E-state index contributed by atoms with van der Waals surface area (Å²) in [5.41, 5.74) is -6.29. The molecule has 2 aromatic rings. The highest BCUT2D eigenvalue weighted by molar-refractivity contribution is 6.01. The molecule has 5 aliphatic carbocycles. The molecule has 0 amide bonds. The zero-order valence-electron chi connectivity index (χ0n) is 32.0. The van der Waals surface area contributed by atoms with Crippen molar-refractivity contribution in [1.29, 1.82) is 0 Å². The fourth-order valence-electron chi connectivity index (χ4n) is 11.4.